The van der Waals surface area contributed by atoms with Crippen molar-refractivity contribution in [3.63, 3.8) is 0 Å². The standard InChI is InChI=1S/C30H38N6O5/c1-41-30(40)12-5-13-32-27(37)17-33-28(38)20-35(18-23-9-4-8-22-7-2-3-11-26(22)23)19-25-10-6-14-36(25)29(39)15-24-16-31-21-34-24/h2-4,7-9,11,16,21,25H,5-6,10,12-15,17-20H2,1H3,(H,31,34)(H,32,37)(H,33,38)/t25-/m0/s1. The molecule has 0 bridgehead atoms. The minimum Gasteiger partial charge on any atom is -0.469 e. The minimum atomic E-state index is -0.331. The van der Waals surface area contributed by atoms with Crippen molar-refractivity contribution in [2.75, 3.05) is 39.8 Å². The summed E-state index contributed by atoms with van der Waals surface area (Å²) in [5.41, 5.74) is 1.79. The molecule has 11 nitrogen and oxygen atoms in total. The number of nitrogens with zero attached hydrogens (tertiary/aromatic N) is 3. The molecule has 2 heterocycles. The lowest BCUT2D eigenvalue weighted by Crippen LogP contribution is -2.47. The van der Waals surface area contributed by atoms with Gasteiger partial charge < -0.3 is 25.3 Å². The first-order valence-corrected chi connectivity index (χ1v) is 14.0. The lowest BCUT2D eigenvalue weighted by molar-refractivity contribution is -0.140. The van der Waals surface area contributed by atoms with Gasteiger partial charge >= 0.3 is 5.97 Å². The number of methoxy groups -OCH3 is 1. The second-order valence-corrected chi connectivity index (χ2v) is 10.2. The Bertz CT molecular complexity index is 1320. The van der Waals surface area contributed by atoms with E-state index in [9.17, 15) is 19.2 Å². The average molecular weight is 563 g/mol. The van der Waals surface area contributed by atoms with E-state index in [0.29, 0.717) is 38.3 Å². The Balaban J connectivity index is 1.38. The van der Waals surface area contributed by atoms with Gasteiger partial charge in [-0.05, 0) is 35.6 Å². The van der Waals surface area contributed by atoms with Gasteiger partial charge in [-0.2, -0.15) is 0 Å². The van der Waals surface area contributed by atoms with Crippen LogP contribution in [0.2, 0.25) is 0 Å². The number of nitrogens with one attached hydrogen (secondary N) is 3. The van der Waals surface area contributed by atoms with Crippen molar-refractivity contribution in [3.8, 4) is 0 Å². The monoisotopic (exact) mass is 562 g/mol. The number of imidazole rings is 1. The van der Waals surface area contributed by atoms with Crippen molar-refractivity contribution in [1.29, 1.82) is 0 Å². The van der Waals surface area contributed by atoms with Crippen LogP contribution in [0.25, 0.3) is 10.8 Å². The summed E-state index contributed by atoms with van der Waals surface area (Å²) in [6.45, 7) is 1.97. The van der Waals surface area contributed by atoms with E-state index in [1.54, 1.807) is 12.5 Å². The van der Waals surface area contributed by atoms with Crippen molar-refractivity contribution in [2.45, 2.75) is 44.7 Å². The highest BCUT2D eigenvalue weighted by Crippen LogP contribution is 2.23. The number of ether oxygens (including phenoxy) is 1. The highest BCUT2D eigenvalue weighted by molar-refractivity contribution is 5.87. The van der Waals surface area contributed by atoms with Gasteiger partial charge in [-0.25, -0.2) is 4.98 Å². The van der Waals surface area contributed by atoms with Gasteiger partial charge in [0.1, 0.15) is 0 Å². The molecule has 1 aliphatic rings. The van der Waals surface area contributed by atoms with Crippen LogP contribution in [0.5, 0.6) is 0 Å². The van der Waals surface area contributed by atoms with E-state index < -0.39 is 0 Å². The number of H-pyrrole nitrogens is 1. The SMILES string of the molecule is COC(=O)CCCNC(=O)CNC(=O)CN(Cc1cccc2ccccc12)C[C@@H]1CCCN1C(=O)Cc1c[nH]cn1. The number of carbonyl (C=O) groups excluding carboxylic acids is 4. The molecule has 3 aromatic rings. The summed E-state index contributed by atoms with van der Waals surface area (Å²) in [7, 11) is 1.32. The van der Waals surface area contributed by atoms with Crippen LogP contribution in [0, 0.1) is 0 Å². The van der Waals surface area contributed by atoms with E-state index in [2.05, 4.69) is 54.5 Å². The maximum absolute atomic E-state index is 13.1. The summed E-state index contributed by atoms with van der Waals surface area (Å²) >= 11 is 0. The Hall–Kier alpha value is -4.25. The van der Waals surface area contributed by atoms with Crippen LogP contribution in [0.4, 0.5) is 0 Å². The molecule has 1 aromatic heterocycles. The van der Waals surface area contributed by atoms with Gasteiger partial charge in [0.15, 0.2) is 0 Å². The third-order valence-corrected chi connectivity index (χ3v) is 7.25. The number of esters is 1. The molecule has 1 saturated heterocycles. The zero-order chi connectivity index (χ0) is 29.0. The molecule has 41 heavy (non-hydrogen) atoms. The van der Waals surface area contributed by atoms with Gasteiger partial charge in [-0.15, -0.1) is 0 Å². The molecule has 1 fully saturated rings. The summed E-state index contributed by atoms with van der Waals surface area (Å²) in [6.07, 6.45) is 5.97. The van der Waals surface area contributed by atoms with Crippen molar-refractivity contribution in [2.24, 2.45) is 0 Å². The van der Waals surface area contributed by atoms with E-state index >= 15 is 0 Å². The molecule has 3 N–H and O–H groups in total. The Kier molecular flexibility index (Phi) is 10.8. The molecule has 0 spiro atoms. The third-order valence-electron chi connectivity index (χ3n) is 7.25. The molecule has 4 rings (SSSR count). The highest BCUT2D eigenvalue weighted by atomic mass is 16.5. The van der Waals surface area contributed by atoms with Gasteiger partial charge in [0.25, 0.3) is 0 Å². The fraction of sp³-hybridized carbons (Fsp3) is 0.433. The number of hydrogen-bond donors (Lipinski definition) is 3. The van der Waals surface area contributed by atoms with Crippen molar-refractivity contribution in [1.82, 2.24) is 30.4 Å². The predicted octanol–water partition coefficient (Wildman–Crippen LogP) is 1.78. The Morgan fingerprint density at radius 3 is 2.73 bits per heavy atom. The number of amides is 3. The molecular weight excluding hydrogens is 524 g/mol. The Labute approximate surface area is 239 Å². The number of benzene rings is 2. The molecule has 2 aromatic carbocycles. The number of hydrogen-bond acceptors (Lipinski definition) is 7. The van der Waals surface area contributed by atoms with Gasteiger partial charge in [-0.1, -0.05) is 42.5 Å². The zero-order valence-corrected chi connectivity index (χ0v) is 23.4. The number of aromatic amines is 1. The molecule has 0 radical (unpaired) electrons. The first-order valence-electron chi connectivity index (χ1n) is 14.0. The van der Waals surface area contributed by atoms with E-state index in [0.717, 1.165) is 29.2 Å². The largest absolute Gasteiger partial charge is 0.469 e. The van der Waals surface area contributed by atoms with Crippen LogP contribution >= 0.6 is 0 Å². The van der Waals surface area contributed by atoms with Crippen LogP contribution < -0.4 is 10.6 Å². The van der Waals surface area contributed by atoms with Crippen LogP contribution in [-0.2, 0) is 36.9 Å². The van der Waals surface area contributed by atoms with Gasteiger partial charge in [-0.3, -0.25) is 24.1 Å². The zero-order valence-electron chi connectivity index (χ0n) is 23.4. The summed E-state index contributed by atoms with van der Waals surface area (Å²) < 4.78 is 4.59. The van der Waals surface area contributed by atoms with Gasteiger partial charge in [0, 0.05) is 44.8 Å². The number of likely N-dealkylation sites (tertiary alicyclic amines) is 1. The second kappa shape index (κ2) is 14.9. The van der Waals surface area contributed by atoms with Crippen LogP contribution in [0.3, 0.4) is 0 Å². The molecular formula is C30H38N6O5. The second-order valence-electron chi connectivity index (χ2n) is 10.2. The van der Waals surface area contributed by atoms with E-state index in [-0.39, 0.29) is 55.7 Å². The molecule has 11 heteroatoms. The fourth-order valence-electron chi connectivity index (χ4n) is 5.22. The van der Waals surface area contributed by atoms with Crippen LogP contribution in [0.15, 0.2) is 55.0 Å². The van der Waals surface area contributed by atoms with Crippen molar-refractivity contribution < 1.29 is 23.9 Å². The van der Waals surface area contributed by atoms with Crippen molar-refractivity contribution in [3.05, 3.63) is 66.2 Å². The number of rotatable bonds is 14. The predicted molar refractivity (Wildman–Crippen MR) is 154 cm³/mol. The first kappa shape index (κ1) is 29.7. The van der Waals surface area contributed by atoms with Crippen molar-refractivity contribution >= 4 is 34.5 Å². The number of carbonyl (C=O) groups is 4. The molecule has 1 aliphatic heterocycles. The van der Waals surface area contributed by atoms with Crippen LogP contribution in [-0.4, -0.2) is 89.3 Å². The van der Waals surface area contributed by atoms with Gasteiger partial charge in [0.2, 0.25) is 17.7 Å². The summed E-state index contributed by atoms with van der Waals surface area (Å²) in [4.78, 5) is 60.5. The molecule has 218 valence electrons. The Morgan fingerprint density at radius 1 is 1.10 bits per heavy atom. The summed E-state index contributed by atoms with van der Waals surface area (Å²) in [6, 6.07) is 14.2. The highest BCUT2D eigenvalue weighted by Gasteiger charge is 2.31. The van der Waals surface area contributed by atoms with E-state index in [1.165, 1.54) is 7.11 Å². The molecule has 1 atom stereocenters. The number of fused-ring (bicyclic) bond motifs is 1. The average Bonchev–Trinajstić information content (AvgIpc) is 3.66. The summed E-state index contributed by atoms with van der Waals surface area (Å²) in [5, 5.41) is 7.64. The topological polar surface area (TPSA) is 137 Å². The maximum Gasteiger partial charge on any atom is 0.305 e. The lowest BCUT2D eigenvalue weighted by atomic mass is 10.0. The van der Waals surface area contributed by atoms with Gasteiger partial charge in [0.05, 0.1) is 38.6 Å². The van der Waals surface area contributed by atoms with E-state index in [1.807, 2.05) is 23.1 Å². The lowest BCUT2D eigenvalue weighted by Gasteiger charge is -2.31. The molecule has 0 saturated carbocycles. The normalized spacial score (nSPS) is 14.8. The third kappa shape index (κ3) is 8.87. The number of aromatic nitrogens is 2. The molecule has 0 unspecified atom stereocenters. The fourth-order valence-corrected chi connectivity index (χ4v) is 5.22. The van der Waals surface area contributed by atoms with Crippen LogP contribution in [0.1, 0.15) is 36.9 Å². The first-order chi connectivity index (χ1) is 19.9. The maximum atomic E-state index is 13.1. The summed E-state index contributed by atoms with van der Waals surface area (Å²) in [5.74, 6) is -0.905. The minimum absolute atomic E-state index is 0.0256. The Morgan fingerprint density at radius 2 is 1.93 bits per heavy atom. The molecule has 3 amide bonds. The quantitative estimate of drug-likeness (QED) is 0.201. The molecule has 0 aliphatic carbocycles. The van der Waals surface area contributed by atoms with E-state index in [4.69, 9.17) is 0 Å². The smallest absolute Gasteiger partial charge is 0.305 e.